The molecule has 168 valence electrons. The van der Waals surface area contributed by atoms with Crippen LogP contribution in [-0.4, -0.2) is 25.2 Å². The SMILES string of the molecule is O=C(CN(Cc1ccccc1)S(=O)(=O)c1ccc(Br)cc1)NCc1cccc2ccccc12. The third-order valence-corrected chi connectivity index (χ3v) is 7.66. The van der Waals surface area contributed by atoms with Gasteiger partial charge in [-0.15, -0.1) is 0 Å². The lowest BCUT2D eigenvalue weighted by Crippen LogP contribution is -2.40. The van der Waals surface area contributed by atoms with Crippen LogP contribution in [-0.2, 0) is 27.9 Å². The average molecular weight is 523 g/mol. The van der Waals surface area contributed by atoms with Crippen molar-refractivity contribution in [3.05, 3.63) is 113 Å². The number of fused-ring (bicyclic) bond motifs is 1. The summed E-state index contributed by atoms with van der Waals surface area (Å²) in [5, 5.41) is 5.04. The maximum atomic E-state index is 13.4. The van der Waals surface area contributed by atoms with E-state index in [-0.39, 0.29) is 23.9 Å². The van der Waals surface area contributed by atoms with Crippen molar-refractivity contribution >= 4 is 42.6 Å². The molecular formula is C26H23BrN2O3S. The number of amides is 1. The van der Waals surface area contributed by atoms with Gasteiger partial charge in [-0.25, -0.2) is 8.42 Å². The summed E-state index contributed by atoms with van der Waals surface area (Å²) in [6, 6.07) is 29.6. The Labute approximate surface area is 202 Å². The molecule has 0 saturated carbocycles. The summed E-state index contributed by atoms with van der Waals surface area (Å²) in [6.07, 6.45) is 0. The van der Waals surface area contributed by atoms with E-state index in [1.807, 2.05) is 72.8 Å². The molecule has 0 radical (unpaired) electrons. The summed E-state index contributed by atoms with van der Waals surface area (Å²) in [6.45, 7) is 0.136. The second-order valence-corrected chi connectivity index (χ2v) is 10.5. The third kappa shape index (κ3) is 5.68. The van der Waals surface area contributed by atoms with Gasteiger partial charge in [-0.2, -0.15) is 4.31 Å². The Morgan fingerprint density at radius 3 is 2.24 bits per heavy atom. The largest absolute Gasteiger partial charge is 0.351 e. The van der Waals surface area contributed by atoms with Crippen LogP contribution in [0.3, 0.4) is 0 Å². The second kappa shape index (κ2) is 10.3. The Morgan fingerprint density at radius 2 is 1.48 bits per heavy atom. The number of benzene rings is 4. The topological polar surface area (TPSA) is 66.5 Å². The Balaban J connectivity index is 1.54. The smallest absolute Gasteiger partial charge is 0.243 e. The Bertz CT molecular complexity index is 1350. The van der Waals surface area contributed by atoms with Crippen molar-refractivity contribution in [1.82, 2.24) is 9.62 Å². The van der Waals surface area contributed by atoms with Crippen molar-refractivity contribution in [1.29, 1.82) is 0 Å². The number of sulfonamides is 1. The van der Waals surface area contributed by atoms with Crippen molar-refractivity contribution in [2.24, 2.45) is 0 Å². The zero-order valence-corrected chi connectivity index (χ0v) is 20.2. The number of rotatable bonds is 8. The van der Waals surface area contributed by atoms with Gasteiger partial charge in [0.2, 0.25) is 15.9 Å². The van der Waals surface area contributed by atoms with E-state index in [1.54, 1.807) is 12.1 Å². The van der Waals surface area contributed by atoms with Gasteiger partial charge in [0.1, 0.15) is 0 Å². The van der Waals surface area contributed by atoms with Crippen LogP contribution >= 0.6 is 15.9 Å². The minimum absolute atomic E-state index is 0.0981. The van der Waals surface area contributed by atoms with Crippen LogP contribution in [0.25, 0.3) is 10.8 Å². The fourth-order valence-electron chi connectivity index (χ4n) is 3.63. The molecule has 33 heavy (non-hydrogen) atoms. The zero-order valence-electron chi connectivity index (χ0n) is 17.8. The van der Waals surface area contributed by atoms with Gasteiger partial charge in [-0.3, -0.25) is 4.79 Å². The fraction of sp³-hybridized carbons (Fsp3) is 0.115. The van der Waals surface area contributed by atoms with Crippen LogP contribution in [0.2, 0.25) is 0 Å². The fourth-order valence-corrected chi connectivity index (χ4v) is 5.27. The molecule has 0 saturated heterocycles. The van der Waals surface area contributed by atoms with Gasteiger partial charge in [0.25, 0.3) is 0 Å². The highest BCUT2D eigenvalue weighted by Crippen LogP contribution is 2.21. The Morgan fingerprint density at radius 1 is 0.818 bits per heavy atom. The van der Waals surface area contributed by atoms with E-state index in [0.717, 1.165) is 26.4 Å². The molecule has 0 aliphatic rings. The molecule has 4 rings (SSSR count). The number of carbonyl (C=O) groups is 1. The first kappa shape index (κ1) is 23.2. The summed E-state index contributed by atoms with van der Waals surface area (Å²) < 4.78 is 28.7. The van der Waals surface area contributed by atoms with Gasteiger partial charge in [0, 0.05) is 17.6 Å². The molecule has 1 amide bonds. The van der Waals surface area contributed by atoms with Crippen LogP contribution in [0.4, 0.5) is 0 Å². The van der Waals surface area contributed by atoms with Crippen LogP contribution in [0.15, 0.2) is 106 Å². The van der Waals surface area contributed by atoms with E-state index in [0.29, 0.717) is 6.54 Å². The molecule has 7 heteroatoms. The van der Waals surface area contributed by atoms with Crippen LogP contribution in [0, 0.1) is 0 Å². The molecular weight excluding hydrogens is 500 g/mol. The third-order valence-electron chi connectivity index (χ3n) is 5.33. The van der Waals surface area contributed by atoms with Gasteiger partial charge in [-0.1, -0.05) is 88.7 Å². The molecule has 0 bridgehead atoms. The average Bonchev–Trinajstić information content (AvgIpc) is 2.83. The number of carbonyl (C=O) groups excluding carboxylic acids is 1. The normalized spacial score (nSPS) is 11.6. The van der Waals surface area contributed by atoms with E-state index in [9.17, 15) is 13.2 Å². The van der Waals surface area contributed by atoms with E-state index < -0.39 is 10.0 Å². The van der Waals surface area contributed by atoms with Crippen LogP contribution in [0.5, 0.6) is 0 Å². The maximum Gasteiger partial charge on any atom is 0.243 e. The summed E-state index contributed by atoms with van der Waals surface area (Å²) >= 11 is 3.33. The minimum atomic E-state index is -3.88. The predicted octanol–water partition coefficient (Wildman–Crippen LogP) is 5.11. The number of halogens is 1. The highest BCUT2D eigenvalue weighted by molar-refractivity contribution is 9.10. The second-order valence-electron chi connectivity index (χ2n) is 7.63. The number of nitrogens with one attached hydrogen (secondary N) is 1. The minimum Gasteiger partial charge on any atom is -0.351 e. The standard InChI is InChI=1S/C26H23BrN2O3S/c27-23-13-15-24(16-14-23)33(31,32)29(18-20-7-2-1-3-8-20)19-26(30)28-17-22-11-6-10-21-9-4-5-12-25(21)22/h1-16H,17-19H2,(H,28,30). The summed E-state index contributed by atoms with van der Waals surface area (Å²) in [5.41, 5.74) is 1.78. The Hall–Kier alpha value is -3.00. The zero-order chi connectivity index (χ0) is 23.3. The first-order valence-corrected chi connectivity index (χ1v) is 12.7. The molecule has 0 unspecified atom stereocenters. The van der Waals surface area contributed by atoms with Crippen molar-refractivity contribution < 1.29 is 13.2 Å². The highest BCUT2D eigenvalue weighted by Gasteiger charge is 2.27. The molecule has 0 heterocycles. The van der Waals surface area contributed by atoms with Gasteiger partial charge < -0.3 is 5.32 Å². The number of hydrogen-bond donors (Lipinski definition) is 1. The lowest BCUT2D eigenvalue weighted by Gasteiger charge is -2.22. The highest BCUT2D eigenvalue weighted by atomic mass is 79.9. The van der Waals surface area contributed by atoms with Crippen molar-refractivity contribution in [2.75, 3.05) is 6.54 Å². The molecule has 0 aliphatic carbocycles. The summed E-state index contributed by atoms with van der Waals surface area (Å²) in [7, 11) is -3.88. The molecule has 0 fully saturated rings. The Kier molecular flexibility index (Phi) is 7.23. The molecule has 1 N–H and O–H groups in total. The van der Waals surface area contributed by atoms with E-state index in [2.05, 4.69) is 21.2 Å². The lowest BCUT2D eigenvalue weighted by atomic mass is 10.0. The molecule has 4 aromatic rings. The molecule has 0 atom stereocenters. The van der Waals surface area contributed by atoms with Crippen LogP contribution < -0.4 is 5.32 Å². The number of hydrogen-bond acceptors (Lipinski definition) is 3. The maximum absolute atomic E-state index is 13.4. The van der Waals surface area contributed by atoms with E-state index >= 15 is 0 Å². The summed E-state index contributed by atoms with van der Waals surface area (Å²) in [5.74, 6) is -0.362. The van der Waals surface area contributed by atoms with Gasteiger partial charge >= 0.3 is 0 Å². The van der Waals surface area contributed by atoms with E-state index in [4.69, 9.17) is 0 Å². The molecule has 4 aromatic carbocycles. The van der Waals surface area contributed by atoms with Gasteiger partial charge in [0.05, 0.1) is 11.4 Å². The lowest BCUT2D eigenvalue weighted by molar-refractivity contribution is -0.121. The van der Waals surface area contributed by atoms with E-state index in [1.165, 1.54) is 16.4 Å². The molecule has 0 aromatic heterocycles. The van der Waals surface area contributed by atoms with Crippen molar-refractivity contribution in [3.8, 4) is 0 Å². The van der Waals surface area contributed by atoms with Crippen molar-refractivity contribution in [3.63, 3.8) is 0 Å². The van der Waals surface area contributed by atoms with Gasteiger partial charge in [0.15, 0.2) is 0 Å². The molecule has 0 spiro atoms. The monoisotopic (exact) mass is 522 g/mol. The molecule has 5 nitrogen and oxygen atoms in total. The van der Waals surface area contributed by atoms with Gasteiger partial charge in [-0.05, 0) is 46.2 Å². The first-order chi connectivity index (χ1) is 15.9. The molecule has 0 aliphatic heterocycles. The first-order valence-electron chi connectivity index (χ1n) is 10.5. The van der Waals surface area contributed by atoms with Crippen LogP contribution in [0.1, 0.15) is 11.1 Å². The van der Waals surface area contributed by atoms with Crippen molar-refractivity contribution in [2.45, 2.75) is 18.0 Å². The summed E-state index contributed by atoms with van der Waals surface area (Å²) in [4.78, 5) is 13.0. The number of nitrogens with zero attached hydrogens (tertiary/aromatic N) is 1. The quantitative estimate of drug-likeness (QED) is 0.349. The predicted molar refractivity (Wildman–Crippen MR) is 134 cm³/mol.